The number of ether oxygens (including phenoxy) is 1. The Balaban J connectivity index is 1.86. The van der Waals surface area contributed by atoms with Gasteiger partial charge in [0.1, 0.15) is 10.6 Å². The first-order valence-corrected chi connectivity index (χ1v) is 10.0. The number of aromatic nitrogens is 1. The summed E-state index contributed by atoms with van der Waals surface area (Å²) in [6.45, 7) is 3.63. The van der Waals surface area contributed by atoms with Crippen LogP contribution in [0.1, 0.15) is 29.4 Å². The molecule has 2 atom stereocenters. The van der Waals surface area contributed by atoms with E-state index in [-0.39, 0.29) is 28.5 Å². The third-order valence-electron chi connectivity index (χ3n) is 4.66. The van der Waals surface area contributed by atoms with E-state index in [0.29, 0.717) is 19.8 Å². The van der Waals surface area contributed by atoms with Gasteiger partial charge in [0.15, 0.2) is 0 Å². The molecule has 1 aliphatic rings. The molecule has 1 aliphatic heterocycles. The van der Waals surface area contributed by atoms with Crippen molar-refractivity contribution < 1.29 is 17.9 Å². The van der Waals surface area contributed by atoms with Crippen LogP contribution < -0.4 is 10.5 Å². The zero-order valence-electron chi connectivity index (χ0n) is 14.6. The third kappa shape index (κ3) is 4.32. The van der Waals surface area contributed by atoms with Crippen molar-refractivity contribution in [1.29, 1.82) is 0 Å². The second-order valence-corrected chi connectivity index (χ2v) is 8.17. The van der Waals surface area contributed by atoms with Crippen LogP contribution >= 0.6 is 0 Å². The summed E-state index contributed by atoms with van der Waals surface area (Å²) in [5.74, 6) is -0.0653. The minimum atomic E-state index is -3.90. The molecule has 1 saturated heterocycles. The highest BCUT2D eigenvalue weighted by Crippen LogP contribution is 2.19. The van der Waals surface area contributed by atoms with E-state index in [2.05, 4.69) is 5.32 Å². The first-order chi connectivity index (χ1) is 12.3. The van der Waals surface area contributed by atoms with Gasteiger partial charge < -0.3 is 14.6 Å². The van der Waals surface area contributed by atoms with Crippen LogP contribution in [0.2, 0.25) is 0 Å². The molecule has 0 saturated carbocycles. The zero-order chi connectivity index (χ0) is 18.7. The lowest BCUT2D eigenvalue weighted by Crippen LogP contribution is -2.39. The van der Waals surface area contributed by atoms with Gasteiger partial charge in [-0.3, -0.25) is 4.79 Å². The highest BCUT2D eigenvalue weighted by atomic mass is 32.2. The number of carbonyl (C=O) groups is 1. The van der Waals surface area contributed by atoms with E-state index >= 15 is 0 Å². The Morgan fingerprint density at radius 1 is 1.38 bits per heavy atom. The van der Waals surface area contributed by atoms with E-state index in [1.165, 1.54) is 12.3 Å². The van der Waals surface area contributed by atoms with Gasteiger partial charge in [0.05, 0.1) is 6.61 Å². The van der Waals surface area contributed by atoms with Crippen molar-refractivity contribution in [2.45, 2.75) is 30.8 Å². The number of nitrogens with zero attached hydrogens (tertiary/aromatic N) is 1. The maximum absolute atomic E-state index is 12.8. The molecule has 1 aromatic heterocycles. The lowest BCUT2D eigenvalue weighted by Gasteiger charge is -2.19. The highest BCUT2D eigenvalue weighted by Gasteiger charge is 2.26. The number of amides is 1. The molecule has 3 rings (SSSR count). The minimum absolute atomic E-state index is 0.0667. The van der Waals surface area contributed by atoms with Gasteiger partial charge in [-0.05, 0) is 25.0 Å². The molecule has 0 spiro atoms. The fourth-order valence-corrected chi connectivity index (χ4v) is 3.64. The van der Waals surface area contributed by atoms with Crippen molar-refractivity contribution in [3.63, 3.8) is 0 Å². The summed E-state index contributed by atoms with van der Waals surface area (Å²) in [6.07, 6.45) is 2.30. The van der Waals surface area contributed by atoms with Crippen molar-refractivity contribution in [3.05, 3.63) is 53.9 Å². The summed E-state index contributed by atoms with van der Waals surface area (Å²) in [6, 6.07) is 10.8. The van der Waals surface area contributed by atoms with Crippen LogP contribution in [0.25, 0.3) is 0 Å². The fraction of sp³-hybridized carbons (Fsp3) is 0.389. The quantitative estimate of drug-likeness (QED) is 0.793. The number of carbonyl (C=O) groups excluding carboxylic acids is 1. The predicted octanol–water partition coefficient (Wildman–Crippen LogP) is 1.34. The number of rotatable bonds is 6. The van der Waals surface area contributed by atoms with Crippen LogP contribution in [0.15, 0.2) is 47.5 Å². The van der Waals surface area contributed by atoms with E-state index in [4.69, 9.17) is 9.88 Å². The molecule has 140 valence electrons. The van der Waals surface area contributed by atoms with E-state index in [9.17, 15) is 13.2 Å². The fourth-order valence-electron chi connectivity index (χ4n) is 3.09. The number of benzene rings is 1. The van der Waals surface area contributed by atoms with Crippen LogP contribution in [0.3, 0.4) is 0 Å². The molecule has 1 fully saturated rings. The Morgan fingerprint density at radius 2 is 2.12 bits per heavy atom. The monoisotopic (exact) mass is 377 g/mol. The normalized spacial score (nSPS) is 18.6. The summed E-state index contributed by atoms with van der Waals surface area (Å²) < 4.78 is 30.4. The maximum Gasteiger partial charge on any atom is 0.268 e. The molecule has 2 heterocycles. The molecule has 2 unspecified atom stereocenters. The van der Waals surface area contributed by atoms with E-state index in [1.807, 2.05) is 37.3 Å². The van der Waals surface area contributed by atoms with Crippen LogP contribution in [0, 0.1) is 5.92 Å². The average molecular weight is 377 g/mol. The average Bonchev–Trinajstić information content (AvgIpc) is 3.25. The number of nitrogens with one attached hydrogen (secondary N) is 1. The molecule has 3 N–H and O–H groups in total. The molecular weight excluding hydrogens is 354 g/mol. The van der Waals surface area contributed by atoms with Gasteiger partial charge in [-0.1, -0.05) is 30.3 Å². The SMILES string of the molecule is CC(NC(=O)c1cc(S(N)(=O)=O)cn1Cc1ccccc1)C1CCOC1. The molecule has 1 aromatic carbocycles. The van der Waals surface area contributed by atoms with Gasteiger partial charge in [0.2, 0.25) is 10.0 Å². The smallest absolute Gasteiger partial charge is 0.268 e. The van der Waals surface area contributed by atoms with Gasteiger partial charge in [0, 0.05) is 31.3 Å². The number of sulfonamides is 1. The molecule has 7 nitrogen and oxygen atoms in total. The Hall–Kier alpha value is -2.16. The second-order valence-electron chi connectivity index (χ2n) is 6.61. The van der Waals surface area contributed by atoms with E-state index in [0.717, 1.165) is 12.0 Å². The maximum atomic E-state index is 12.8. The molecule has 8 heteroatoms. The summed E-state index contributed by atoms with van der Waals surface area (Å²) in [5, 5.41) is 8.20. The van der Waals surface area contributed by atoms with Gasteiger partial charge in [-0.2, -0.15) is 0 Å². The lowest BCUT2D eigenvalue weighted by atomic mass is 10.0. The number of nitrogens with two attached hydrogens (primary N) is 1. The highest BCUT2D eigenvalue weighted by molar-refractivity contribution is 7.89. The van der Waals surface area contributed by atoms with Crippen LogP contribution in [-0.4, -0.2) is 38.1 Å². The van der Waals surface area contributed by atoms with E-state index < -0.39 is 10.0 Å². The van der Waals surface area contributed by atoms with Crippen molar-refractivity contribution in [3.8, 4) is 0 Å². The van der Waals surface area contributed by atoms with Crippen LogP contribution in [0.5, 0.6) is 0 Å². The number of hydrogen-bond acceptors (Lipinski definition) is 4. The van der Waals surface area contributed by atoms with Gasteiger partial charge >= 0.3 is 0 Å². The number of primary sulfonamides is 1. The minimum Gasteiger partial charge on any atom is -0.381 e. The molecule has 0 bridgehead atoms. The van der Waals surface area contributed by atoms with Gasteiger partial charge in [-0.15, -0.1) is 0 Å². The van der Waals surface area contributed by atoms with Crippen molar-refractivity contribution >= 4 is 15.9 Å². The van der Waals surface area contributed by atoms with E-state index in [1.54, 1.807) is 4.57 Å². The van der Waals surface area contributed by atoms with Crippen LogP contribution in [-0.2, 0) is 21.3 Å². The Kier molecular flexibility index (Phi) is 5.45. The first kappa shape index (κ1) is 18.6. The predicted molar refractivity (Wildman–Crippen MR) is 97.2 cm³/mol. The van der Waals surface area contributed by atoms with Crippen molar-refractivity contribution in [1.82, 2.24) is 9.88 Å². The Morgan fingerprint density at radius 3 is 2.73 bits per heavy atom. The summed E-state index contributed by atoms with van der Waals surface area (Å²) in [4.78, 5) is 12.7. The van der Waals surface area contributed by atoms with Gasteiger partial charge in [0.25, 0.3) is 5.91 Å². The molecule has 1 amide bonds. The number of hydrogen-bond donors (Lipinski definition) is 2. The molecule has 0 radical (unpaired) electrons. The Bertz CT molecular complexity index is 871. The summed E-state index contributed by atoms with van der Waals surface area (Å²) in [7, 11) is -3.90. The first-order valence-electron chi connectivity index (χ1n) is 8.50. The third-order valence-corrected chi connectivity index (χ3v) is 5.54. The molecule has 0 aliphatic carbocycles. The molecule has 2 aromatic rings. The lowest BCUT2D eigenvalue weighted by molar-refractivity contribution is 0.0913. The second kappa shape index (κ2) is 7.61. The van der Waals surface area contributed by atoms with Crippen molar-refractivity contribution in [2.75, 3.05) is 13.2 Å². The summed E-state index contributed by atoms with van der Waals surface area (Å²) >= 11 is 0. The molecule has 26 heavy (non-hydrogen) atoms. The topological polar surface area (TPSA) is 103 Å². The summed E-state index contributed by atoms with van der Waals surface area (Å²) in [5.41, 5.74) is 1.22. The van der Waals surface area contributed by atoms with Crippen molar-refractivity contribution in [2.24, 2.45) is 11.1 Å². The van der Waals surface area contributed by atoms with Gasteiger partial charge in [-0.25, -0.2) is 13.6 Å². The van der Waals surface area contributed by atoms with Crippen LogP contribution in [0.4, 0.5) is 0 Å². The molecular formula is C18H23N3O4S. The largest absolute Gasteiger partial charge is 0.381 e. The zero-order valence-corrected chi connectivity index (χ0v) is 15.4. The standard InChI is InChI=1S/C18H23N3O4S/c1-13(15-7-8-25-12-15)20-18(22)17-9-16(26(19,23)24)11-21(17)10-14-5-3-2-4-6-14/h2-6,9,11,13,15H,7-8,10,12H2,1H3,(H,20,22)(H2,19,23,24). The Labute approximate surface area is 153 Å².